The first-order valence-corrected chi connectivity index (χ1v) is 6.11. The van der Waals surface area contributed by atoms with Crippen LogP contribution in [0.15, 0.2) is 30.5 Å². The zero-order valence-electron chi connectivity index (χ0n) is 7.62. The molecule has 2 aromatic rings. The first-order valence-electron chi connectivity index (χ1n) is 4.28. The Balaban J connectivity index is 2.22. The Morgan fingerprint density at radius 1 is 1.33 bits per heavy atom. The lowest BCUT2D eigenvalue weighted by Gasteiger charge is -2.01. The first kappa shape index (κ1) is 11.2. The number of benzene rings is 1. The van der Waals surface area contributed by atoms with Crippen molar-refractivity contribution in [2.24, 2.45) is 0 Å². The summed E-state index contributed by atoms with van der Waals surface area (Å²) in [7, 11) is 0. The van der Waals surface area contributed by atoms with Crippen molar-refractivity contribution in [1.29, 1.82) is 0 Å². The van der Waals surface area contributed by atoms with Crippen molar-refractivity contribution in [3.05, 3.63) is 49.8 Å². The van der Waals surface area contributed by atoms with Gasteiger partial charge in [0.25, 0.3) is 0 Å². The largest absolute Gasteiger partial charge is 0.266 e. The van der Waals surface area contributed by atoms with Crippen LogP contribution in [0.25, 0.3) is 0 Å². The van der Waals surface area contributed by atoms with Gasteiger partial charge in [-0.25, -0.2) is 0 Å². The lowest BCUT2D eigenvalue weighted by Crippen LogP contribution is -2.00. The fourth-order valence-electron chi connectivity index (χ4n) is 1.28. The highest BCUT2D eigenvalue weighted by atomic mass is 127. The van der Waals surface area contributed by atoms with Crippen LogP contribution in [0.5, 0.6) is 0 Å². The predicted octanol–water partition coefficient (Wildman–Crippen LogP) is 3.84. The van der Waals surface area contributed by atoms with Gasteiger partial charge in [0.15, 0.2) is 0 Å². The third-order valence-corrected chi connectivity index (χ3v) is 3.54. The number of hydrogen-bond acceptors (Lipinski definition) is 1. The topological polar surface area (TPSA) is 17.8 Å². The van der Waals surface area contributed by atoms with E-state index in [4.69, 9.17) is 23.2 Å². The molecule has 0 saturated heterocycles. The van der Waals surface area contributed by atoms with E-state index in [-0.39, 0.29) is 0 Å². The molecule has 0 aliphatic carbocycles. The number of aromatic nitrogens is 2. The molecule has 15 heavy (non-hydrogen) atoms. The lowest BCUT2D eigenvalue weighted by atomic mass is 10.2. The summed E-state index contributed by atoms with van der Waals surface area (Å²) in [5.74, 6) is 0. The van der Waals surface area contributed by atoms with Crippen molar-refractivity contribution in [2.75, 3.05) is 0 Å². The van der Waals surface area contributed by atoms with Crippen LogP contribution in [-0.2, 0) is 6.54 Å². The van der Waals surface area contributed by atoms with Crippen LogP contribution >= 0.6 is 45.8 Å². The summed E-state index contributed by atoms with van der Waals surface area (Å²) < 4.78 is 2.62. The third-order valence-electron chi connectivity index (χ3n) is 1.91. The fraction of sp³-hybridized carbons (Fsp3) is 0.100. The van der Waals surface area contributed by atoms with Crippen molar-refractivity contribution < 1.29 is 0 Å². The minimum absolute atomic E-state index is 0.678. The van der Waals surface area contributed by atoms with Crippen molar-refractivity contribution in [1.82, 2.24) is 9.78 Å². The van der Waals surface area contributed by atoms with E-state index in [1.54, 1.807) is 4.68 Å². The average molecular weight is 353 g/mol. The molecule has 0 radical (unpaired) electrons. The lowest BCUT2D eigenvalue weighted by molar-refractivity contribution is 0.681. The summed E-state index contributed by atoms with van der Waals surface area (Å²) in [6.45, 7) is 0.684. The maximum atomic E-state index is 5.91. The van der Waals surface area contributed by atoms with Crippen molar-refractivity contribution in [3.8, 4) is 0 Å². The molecule has 0 aliphatic rings. The van der Waals surface area contributed by atoms with Gasteiger partial charge in [-0.1, -0.05) is 35.3 Å². The van der Waals surface area contributed by atoms with Crippen molar-refractivity contribution >= 4 is 45.8 Å². The van der Waals surface area contributed by atoms with Gasteiger partial charge in [0.2, 0.25) is 0 Å². The number of rotatable bonds is 2. The average Bonchev–Trinajstić information content (AvgIpc) is 2.45. The molecule has 1 aromatic heterocycles. The second kappa shape index (κ2) is 4.72. The van der Waals surface area contributed by atoms with Crippen LogP contribution in [0.2, 0.25) is 10.0 Å². The van der Waals surface area contributed by atoms with Gasteiger partial charge in [-0.05, 0) is 40.3 Å². The molecule has 0 fully saturated rings. The Morgan fingerprint density at radius 2 is 2.13 bits per heavy atom. The molecule has 0 amide bonds. The molecule has 78 valence electrons. The maximum absolute atomic E-state index is 5.91. The summed E-state index contributed by atoms with van der Waals surface area (Å²) in [5.41, 5.74) is 1.11. The Bertz CT molecular complexity index is 463. The number of hydrogen-bond donors (Lipinski definition) is 0. The van der Waals surface area contributed by atoms with Crippen LogP contribution < -0.4 is 0 Å². The van der Waals surface area contributed by atoms with Crippen molar-refractivity contribution in [3.63, 3.8) is 0 Å². The molecule has 0 bridgehead atoms. The summed E-state index contributed by atoms with van der Waals surface area (Å²) >= 11 is 13.9. The van der Waals surface area contributed by atoms with E-state index in [2.05, 4.69) is 27.7 Å². The molecule has 2 rings (SSSR count). The van der Waals surface area contributed by atoms with Crippen LogP contribution in [0, 0.1) is 3.70 Å². The normalized spacial score (nSPS) is 10.6. The van der Waals surface area contributed by atoms with Gasteiger partial charge in [-0.15, -0.1) is 0 Å². The number of nitrogens with zero attached hydrogens (tertiary/aromatic N) is 2. The van der Waals surface area contributed by atoms with Gasteiger partial charge in [0.05, 0.1) is 11.6 Å². The van der Waals surface area contributed by atoms with E-state index in [1.165, 1.54) is 0 Å². The summed E-state index contributed by atoms with van der Waals surface area (Å²) in [6.07, 6.45) is 1.81. The Labute approximate surface area is 111 Å². The fourth-order valence-corrected chi connectivity index (χ4v) is 2.06. The van der Waals surface area contributed by atoms with Crippen LogP contribution in [0.4, 0.5) is 0 Å². The van der Waals surface area contributed by atoms with E-state index in [9.17, 15) is 0 Å². The minimum atomic E-state index is 0.678. The van der Waals surface area contributed by atoms with E-state index < -0.39 is 0 Å². The molecule has 0 N–H and O–H groups in total. The minimum Gasteiger partial charge on any atom is -0.266 e. The standard InChI is InChI=1S/C10H7Cl2IN2/c11-8-3-1-2-7(4-8)5-15-6-9(12)10(13)14-15/h1-4,6H,5H2. The SMILES string of the molecule is Clc1cccc(Cn2cc(Cl)c(I)n2)c1. The van der Waals surface area contributed by atoms with Gasteiger partial charge in [0.1, 0.15) is 3.70 Å². The molecule has 1 aromatic carbocycles. The molecule has 0 unspecified atom stereocenters. The van der Waals surface area contributed by atoms with Crippen LogP contribution in [0.3, 0.4) is 0 Å². The second-order valence-corrected chi connectivity index (χ2v) is 4.96. The zero-order chi connectivity index (χ0) is 10.8. The highest BCUT2D eigenvalue weighted by Gasteiger charge is 2.03. The van der Waals surface area contributed by atoms with Gasteiger partial charge >= 0.3 is 0 Å². The first-order chi connectivity index (χ1) is 7.15. The Morgan fingerprint density at radius 3 is 2.73 bits per heavy atom. The molecule has 2 nitrogen and oxygen atoms in total. The summed E-state index contributed by atoms with van der Waals surface area (Å²) in [4.78, 5) is 0. The second-order valence-electron chi connectivity index (χ2n) is 3.10. The van der Waals surface area contributed by atoms with E-state index >= 15 is 0 Å². The molecule has 0 spiro atoms. The number of halogens is 3. The molecule has 0 saturated carbocycles. The smallest absolute Gasteiger partial charge is 0.141 e. The van der Waals surface area contributed by atoms with Crippen molar-refractivity contribution in [2.45, 2.75) is 6.54 Å². The van der Waals surface area contributed by atoms with E-state index in [0.29, 0.717) is 11.6 Å². The Hall–Kier alpha value is -0.260. The molecular formula is C10H7Cl2IN2. The third kappa shape index (κ3) is 2.86. The molecule has 0 aliphatic heterocycles. The maximum Gasteiger partial charge on any atom is 0.141 e. The molecule has 1 heterocycles. The predicted molar refractivity (Wildman–Crippen MR) is 70.5 cm³/mol. The highest BCUT2D eigenvalue weighted by Crippen LogP contribution is 2.17. The van der Waals surface area contributed by atoms with E-state index in [0.717, 1.165) is 14.3 Å². The summed E-state index contributed by atoms with van der Waals surface area (Å²) in [6, 6.07) is 7.71. The molecular weight excluding hydrogens is 346 g/mol. The monoisotopic (exact) mass is 352 g/mol. The van der Waals surface area contributed by atoms with E-state index in [1.807, 2.05) is 30.5 Å². The zero-order valence-corrected chi connectivity index (χ0v) is 11.3. The van der Waals surface area contributed by atoms with Crippen LogP contribution in [0.1, 0.15) is 5.56 Å². The van der Waals surface area contributed by atoms with Gasteiger partial charge in [-0.2, -0.15) is 5.10 Å². The molecule has 0 atom stereocenters. The molecule has 5 heteroatoms. The van der Waals surface area contributed by atoms with Gasteiger partial charge in [0, 0.05) is 11.2 Å². The Kier molecular flexibility index (Phi) is 3.53. The van der Waals surface area contributed by atoms with Gasteiger partial charge in [-0.3, -0.25) is 4.68 Å². The van der Waals surface area contributed by atoms with Gasteiger partial charge < -0.3 is 0 Å². The summed E-state index contributed by atoms with van der Waals surface area (Å²) in [5, 5.41) is 5.68. The highest BCUT2D eigenvalue weighted by molar-refractivity contribution is 14.1. The quantitative estimate of drug-likeness (QED) is 0.751. The van der Waals surface area contributed by atoms with Crippen LogP contribution in [-0.4, -0.2) is 9.78 Å².